The van der Waals surface area contributed by atoms with E-state index in [0.717, 1.165) is 27.3 Å². The molecule has 0 radical (unpaired) electrons. The van der Waals surface area contributed by atoms with Crippen LogP contribution < -0.4 is 15.5 Å². The molecule has 1 saturated heterocycles. The van der Waals surface area contributed by atoms with Crippen molar-refractivity contribution in [1.82, 2.24) is 15.5 Å². The first-order chi connectivity index (χ1) is 25.4. The highest BCUT2D eigenvalue weighted by molar-refractivity contribution is 8.00. The summed E-state index contributed by atoms with van der Waals surface area (Å²) in [7, 11) is 0. The lowest BCUT2D eigenvalue weighted by atomic mass is 10.0. The summed E-state index contributed by atoms with van der Waals surface area (Å²) < 4.78 is 21.9. The monoisotopic (exact) mass is 736 g/mol. The molecule has 2 aliphatic heterocycles. The number of nitrogens with one attached hydrogen (secondary N) is 2. The maximum atomic E-state index is 13.3. The predicted octanol–water partition coefficient (Wildman–Crippen LogP) is 2.28. The minimum absolute atomic E-state index is 0.0675. The third kappa shape index (κ3) is 13.4. The molecule has 0 aliphatic carbocycles. The number of thioether (sulfide) groups is 1. The summed E-state index contributed by atoms with van der Waals surface area (Å²) in [6, 6.07) is 15.4. The van der Waals surface area contributed by atoms with Crippen molar-refractivity contribution >= 4 is 47.0 Å². The van der Waals surface area contributed by atoms with Gasteiger partial charge in [-0.3, -0.25) is 28.9 Å². The second kappa shape index (κ2) is 22.6. The molecule has 0 spiro atoms. The summed E-state index contributed by atoms with van der Waals surface area (Å²) in [5.41, 5.74) is 3.45. The largest absolute Gasteiger partial charge is 0.379 e. The first-order valence-corrected chi connectivity index (χ1v) is 18.9. The number of hydrogen-bond donors (Lipinski definition) is 2. The molecule has 1 unspecified atom stereocenters. The Hall–Kier alpha value is -4.26. The number of amides is 5. The molecular weight excluding hydrogens is 689 g/mol. The molecule has 2 aromatic rings. The summed E-state index contributed by atoms with van der Waals surface area (Å²) in [6.07, 6.45) is 3.09. The molecule has 14 heteroatoms. The van der Waals surface area contributed by atoms with Gasteiger partial charge in [-0.05, 0) is 36.4 Å². The van der Waals surface area contributed by atoms with Gasteiger partial charge < -0.3 is 34.5 Å². The van der Waals surface area contributed by atoms with E-state index in [4.69, 9.17) is 18.9 Å². The van der Waals surface area contributed by atoms with Crippen molar-refractivity contribution in [3.05, 3.63) is 65.2 Å². The fourth-order valence-electron chi connectivity index (χ4n) is 5.47. The first kappa shape index (κ1) is 40.5. The standard InChI is InChI=1S/C38H48N4O9S/c1-52-33-27-37(46)41(38(33)47)18-15-35(44)40-17-20-49-22-24-51-26-25-50-23-21-48-19-6-11-34(43)39-16-14-36(45)42-28-31-9-3-2-7-29(31)12-13-30-8-4-5-10-32(30)42/h2-5,7-10,33H,6,11,14-28H2,1H3,(H,39,43)(H,40,44). The fraction of sp³-hybridized carbons (Fsp3) is 0.500. The molecule has 1 atom stereocenters. The van der Waals surface area contributed by atoms with Crippen LogP contribution in [0.2, 0.25) is 0 Å². The zero-order valence-corrected chi connectivity index (χ0v) is 30.5. The van der Waals surface area contributed by atoms with E-state index < -0.39 is 0 Å². The maximum absolute atomic E-state index is 13.3. The molecule has 0 bridgehead atoms. The van der Waals surface area contributed by atoms with Crippen LogP contribution in [0.5, 0.6) is 0 Å². The number of ether oxygens (including phenoxy) is 4. The Morgan fingerprint density at radius 1 is 0.750 bits per heavy atom. The van der Waals surface area contributed by atoms with Crippen molar-refractivity contribution < 1.29 is 42.9 Å². The molecule has 2 heterocycles. The number of fused-ring (bicyclic) bond motifs is 2. The lowest BCUT2D eigenvalue weighted by molar-refractivity contribution is -0.138. The van der Waals surface area contributed by atoms with Crippen LogP contribution in [0.15, 0.2) is 48.5 Å². The summed E-state index contributed by atoms with van der Waals surface area (Å²) >= 11 is 1.35. The van der Waals surface area contributed by atoms with Gasteiger partial charge in [0.2, 0.25) is 29.5 Å². The second-order valence-corrected chi connectivity index (χ2v) is 13.0. The smallest absolute Gasteiger partial charge is 0.242 e. The lowest BCUT2D eigenvalue weighted by Gasteiger charge is -2.26. The number of likely N-dealkylation sites (tertiary alicyclic amines) is 1. The van der Waals surface area contributed by atoms with Gasteiger partial charge in [-0.25, -0.2) is 0 Å². The van der Waals surface area contributed by atoms with E-state index in [9.17, 15) is 24.0 Å². The van der Waals surface area contributed by atoms with Crippen LogP contribution in [-0.2, 0) is 49.5 Å². The lowest BCUT2D eigenvalue weighted by Crippen LogP contribution is -2.36. The Balaban J connectivity index is 0.926. The van der Waals surface area contributed by atoms with Gasteiger partial charge in [-0.2, -0.15) is 11.8 Å². The van der Waals surface area contributed by atoms with Crippen LogP contribution in [0.1, 0.15) is 48.8 Å². The number of benzene rings is 2. The molecule has 2 aliphatic rings. The summed E-state index contributed by atoms with van der Waals surface area (Å²) in [6.45, 7) is 4.19. The number of nitrogens with zero attached hydrogens (tertiary/aromatic N) is 2. The quantitative estimate of drug-likeness (QED) is 0.0988. The minimum Gasteiger partial charge on any atom is -0.379 e. The molecule has 0 saturated carbocycles. The van der Waals surface area contributed by atoms with Crippen molar-refractivity contribution in [2.24, 2.45) is 0 Å². The molecule has 52 heavy (non-hydrogen) atoms. The number of carbonyl (C=O) groups excluding carboxylic acids is 5. The predicted molar refractivity (Wildman–Crippen MR) is 196 cm³/mol. The normalized spacial score (nSPS) is 14.9. The van der Waals surface area contributed by atoms with Crippen molar-refractivity contribution in [2.75, 3.05) is 83.6 Å². The van der Waals surface area contributed by atoms with Gasteiger partial charge in [-0.15, -0.1) is 0 Å². The van der Waals surface area contributed by atoms with Gasteiger partial charge in [0.25, 0.3) is 0 Å². The number of hydrogen-bond acceptors (Lipinski definition) is 10. The third-order valence-electron chi connectivity index (χ3n) is 8.26. The van der Waals surface area contributed by atoms with Gasteiger partial charge in [0, 0.05) is 63.1 Å². The van der Waals surface area contributed by atoms with E-state index in [1.807, 2.05) is 48.5 Å². The molecule has 5 amide bonds. The third-order valence-corrected chi connectivity index (χ3v) is 9.20. The Morgan fingerprint density at radius 2 is 1.35 bits per heavy atom. The molecule has 2 N–H and O–H groups in total. The first-order valence-electron chi connectivity index (χ1n) is 17.6. The second-order valence-electron chi connectivity index (χ2n) is 12.0. The Kier molecular flexibility index (Phi) is 17.6. The highest BCUT2D eigenvalue weighted by atomic mass is 32.2. The highest BCUT2D eigenvalue weighted by Gasteiger charge is 2.37. The van der Waals surface area contributed by atoms with Crippen LogP contribution in [-0.4, -0.2) is 118 Å². The van der Waals surface area contributed by atoms with Gasteiger partial charge in [0.15, 0.2) is 0 Å². The van der Waals surface area contributed by atoms with Crippen LogP contribution in [0, 0.1) is 11.8 Å². The summed E-state index contributed by atoms with van der Waals surface area (Å²) in [5, 5.41) is 5.21. The molecule has 13 nitrogen and oxygen atoms in total. The van der Waals surface area contributed by atoms with Crippen molar-refractivity contribution in [3.8, 4) is 11.8 Å². The number of carbonyl (C=O) groups is 5. The molecule has 280 valence electrons. The van der Waals surface area contributed by atoms with E-state index in [1.54, 1.807) is 11.2 Å². The van der Waals surface area contributed by atoms with Gasteiger partial charge in [-0.1, -0.05) is 42.2 Å². The van der Waals surface area contributed by atoms with Gasteiger partial charge in [0.1, 0.15) is 0 Å². The van der Waals surface area contributed by atoms with Crippen molar-refractivity contribution in [2.45, 2.75) is 43.9 Å². The zero-order chi connectivity index (χ0) is 37.0. The number of rotatable bonds is 23. The molecule has 1 fully saturated rings. The highest BCUT2D eigenvalue weighted by Crippen LogP contribution is 2.26. The Labute approximate surface area is 309 Å². The van der Waals surface area contributed by atoms with E-state index in [-0.39, 0.29) is 67.1 Å². The average Bonchev–Trinajstić information content (AvgIpc) is 3.42. The van der Waals surface area contributed by atoms with Crippen LogP contribution >= 0.6 is 11.8 Å². The van der Waals surface area contributed by atoms with Crippen LogP contribution in [0.3, 0.4) is 0 Å². The van der Waals surface area contributed by atoms with Crippen LogP contribution in [0.4, 0.5) is 5.69 Å². The molecule has 0 aromatic heterocycles. The number of imide groups is 1. The maximum Gasteiger partial charge on any atom is 0.242 e. The zero-order valence-electron chi connectivity index (χ0n) is 29.7. The van der Waals surface area contributed by atoms with Crippen molar-refractivity contribution in [1.29, 1.82) is 0 Å². The summed E-state index contributed by atoms with van der Waals surface area (Å²) in [5.74, 6) is 5.50. The SMILES string of the molecule is CSC1CC(=O)N(CCC(=O)NCCOCCOCCOCCOCCCC(=O)NCCC(=O)N2Cc3ccccc3C#Cc3ccccc32)C1=O. The van der Waals surface area contributed by atoms with E-state index >= 15 is 0 Å². The van der Waals surface area contributed by atoms with Crippen molar-refractivity contribution in [3.63, 3.8) is 0 Å². The summed E-state index contributed by atoms with van der Waals surface area (Å²) in [4.78, 5) is 64.5. The topological polar surface area (TPSA) is 153 Å². The minimum atomic E-state index is -0.342. The molecule has 2 aromatic carbocycles. The molecule has 4 rings (SSSR count). The average molecular weight is 737 g/mol. The number of anilines is 1. The van der Waals surface area contributed by atoms with E-state index in [0.29, 0.717) is 78.8 Å². The van der Waals surface area contributed by atoms with Crippen LogP contribution in [0.25, 0.3) is 0 Å². The fourth-order valence-corrected chi connectivity index (χ4v) is 6.11. The Morgan fingerprint density at radius 3 is 2.06 bits per heavy atom. The van der Waals surface area contributed by atoms with Gasteiger partial charge in [0.05, 0.1) is 63.7 Å². The Bertz CT molecular complexity index is 1580. The van der Waals surface area contributed by atoms with E-state index in [2.05, 4.69) is 22.5 Å². The molecular formula is C38H48N4O9S. The van der Waals surface area contributed by atoms with E-state index in [1.165, 1.54) is 11.8 Å². The van der Waals surface area contributed by atoms with Gasteiger partial charge >= 0.3 is 0 Å². The number of para-hydroxylation sites is 1.